The molecule has 3 N–H and O–H groups in total. The Morgan fingerprint density at radius 3 is 2.33 bits per heavy atom. The van der Waals surface area contributed by atoms with Gasteiger partial charge in [-0.1, -0.05) is 6.07 Å². The maximum absolute atomic E-state index is 14.8. The van der Waals surface area contributed by atoms with Crippen LogP contribution in [0.25, 0.3) is 22.6 Å². The Bertz CT molecular complexity index is 1850. The predicted octanol–water partition coefficient (Wildman–Crippen LogP) is 5.16. The number of hydrogen-bond donors (Lipinski definition) is 2. The van der Waals surface area contributed by atoms with E-state index in [0.717, 1.165) is 94.4 Å². The van der Waals surface area contributed by atoms with E-state index in [9.17, 15) is 13.2 Å². The molecule has 2 aliphatic heterocycles. The summed E-state index contributed by atoms with van der Waals surface area (Å²) >= 11 is 0. The summed E-state index contributed by atoms with van der Waals surface area (Å²) in [5.74, 6) is -1.34. The van der Waals surface area contributed by atoms with Crippen LogP contribution in [0.3, 0.4) is 0 Å². The summed E-state index contributed by atoms with van der Waals surface area (Å²) in [6.45, 7) is 6.97. The van der Waals surface area contributed by atoms with Gasteiger partial charge in [0.05, 0.1) is 30.0 Å². The van der Waals surface area contributed by atoms with Crippen molar-refractivity contribution in [3.8, 4) is 22.6 Å². The maximum Gasteiger partial charge on any atom is 0.220 e. The van der Waals surface area contributed by atoms with E-state index >= 15 is 0 Å². The van der Waals surface area contributed by atoms with Crippen LogP contribution in [0.5, 0.6) is 0 Å². The molecule has 2 aliphatic rings. The number of nitrogen functional groups attached to an aromatic ring is 1. The first-order valence-corrected chi connectivity index (χ1v) is 17.8. The molecule has 0 spiro atoms. The molecule has 0 aliphatic carbocycles. The summed E-state index contributed by atoms with van der Waals surface area (Å²) in [6, 6.07) is 12.8. The van der Waals surface area contributed by atoms with Crippen LogP contribution in [0.2, 0.25) is 0 Å². The van der Waals surface area contributed by atoms with E-state index in [1.165, 1.54) is 24.5 Å². The highest BCUT2D eigenvalue weighted by Crippen LogP contribution is 2.35. The number of aromatic nitrogens is 7. The van der Waals surface area contributed by atoms with Gasteiger partial charge >= 0.3 is 0 Å². The monoisotopic (exact) mass is 699 g/mol. The van der Waals surface area contributed by atoms with Gasteiger partial charge in [-0.2, -0.15) is 5.10 Å². The number of hydrogen-bond acceptors (Lipinski definition) is 9. The first-order chi connectivity index (χ1) is 24.9. The number of nitrogens with one attached hydrogen (secondary N) is 1. The van der Waals surface area contributed by atoms with Gasteiger partial charge in [0.2, 0.25) is 5.95 Å². The number of imidazole rings is 1. The van der Waals surface area contributed by atoms with Gasteiger partial charge < -0.3 is 25.4 Å². The Kier molecular flexibility index (Phi) is 11.0. The zero-order valence-corrected chi connectivity index (χ0v) is 28.6. The summed E-state index contributed by atoms with van der Waals surface area (Å²) in [6.07, 6.45) is 11.7. The Labute approximate surface area is 295 Å². The Hall–Kier alpha value is -4.66. The van der Waals surface area contributed by atoms with Crippen LogP contribution in [0.15, 0.2) is 73.7 Å². The van der Waals surface area contributed by atoms with Crippen molar-refractivity contribution in [2.75, 3.05) is 51.5 Å². The molecule has 0 amide bonds. The fourth-order valence-corrected chi connectivity index (χ4v) is 7.52. The van der Waals surface area contributed by atoms with Crippen molar-refractivity contribution in [1.82, 2.24) is 49.4 Å². The van der Waals surface area contributed by atoms with Crippen LogP contribution >= 0.6 is 0 Å². The van der Waals surface area contributed by atoms with E-state index in [2.05, 4.69) is 39.7 Å². The predicted molar refractivity (Wildman–Crippen MR) is 189 cm³/mol. The van der Waals surface area contributed by atoms with Crippen molar-refractivity contribution >= 4 is 5.95 Å². The molecule has 2 fully saturated rings. The van der Waals surface area contributed by atoms with Gasteiger partial charge in [-0.15, -0.1) is 0 Å². The first-order valence-electron chi connectivity index (χ1n) is 17.8. The van der Waals surface area contributed by atoms with Crippen LogP contribution in [-0.2, 0) is 6.54 Å². The molecule has 0 saturated carbocycles. The zero-order valence-electron chi connectivity index (χ0n) is 28.6. The lowest BCUT2D eigenvalue weighted by Gasteiger charge is -2.35. The average Bonchev–Trinajstić information content (AvgIpc) is 3.82. The number of likely N-dealkylation sites (tertiary alicyclic amines) is 2. The summed E-state index contributed by atoms with van der Waals surface area (Å²) in [5, 5.41) is 7.98. The SMILES string of the molecule is Nc1nccc(-c2c(-c3ccc(F)cc3)ncn2C2CCN(CCCNC3CCN(CC(Cn4cncn4)c4ccc(F)cc4F)CC3)CC2)n1. The van der Waals surface area contributed by atoms with Crippen molar-refractivity contribution in [2.45, 2.75) is 56.7 Å². The third-order valence-corrected chi connectivity index (χ3v) is 10.2. The lowest BCUT2D eigenvalue weighted by molar-refractivity contribution is 0.173. The van der Waals surface area contributed by atoms with Gasteiger partial charge in [0.25, 0.3) is 0 Å². The first kappa shape index (κ1) is 34.8. The average molecular weight is 700 g/mol. The molecule has 11 nitrogen and oxygen atoms in total. The number of halogens is 3. The topological polar surface area (TPSA) is 119 Å². The second kappa shape index (κ2) is 16.1. The number of anilines is 1. The number of rotatable bonds is 13. The number of nitrogens with two attached hydrogens (primary N) is 1. The second-order valence-corrected chi connectivity index (χ2v) is 13.6. The van der Waals surface area contributed by atoms with Gasteiger partial charge in [0, 0.05) is 55.5 Å². The lowest BCUT2D eigenvalue weighted by atomic mass is 9.96. The molecule has 5 heterocycles. The van der Waals surface area contributed by atoms with E-state index in [1.807, 2.05) is 12.4 Å². The maximum atomic E-state index is 14.8. The molecule has 2 aromatic carbocycles. The van der Waals surface area contributed by atoms with Crippen molar-refractivity contribution in [2.24, 2.45) is 0 Å². The third kappa shape index (κ3) is 8.63. The molecule has 2 saturated heterocycles. The van der Waals surface area contributed by atoms with Crippen molar-refractivity contribution in [1.29, 1.82) is 0 Å². The molecular formula is C37H44F3N11. The van der Waals surface area contributed by atoms with Crippen LogP contribution in [-0.4, -0.2) is 95.9 Å². The van der Waals surface area contributed by atoms with Crippen molar-refractivity contribution < 1.29 is 13.2 Å². The second-order valence-electron chi connectivity index (χ2n) is 13.6. The van der Waals surface area contributed by atoms with Gasteiger partial charge in [0.15, 0.2) is 0 Å². The summed E-state index contributed by atoms with van der Waals surface area (Å²) < 4.78 is 46.0. The molecule has 1 unspecified atom stereocenters. The Morgan fingerprint density at radius 2 is 1.61 bits per heavy atom. The van der Waals surface area contributed by atoms with Crippen LogP contribution in [0.1, 0.15) is 49.6 Å². The van der Waals surface area contributed by atoms with Gasteiger partial charge in [-0.05, 0) is 100 Å². The van der Waals surface area contributed by atoms with Crippen molar-refractivity contribution in [3.63, 3.8) is 0 Å². The van der Waals surface area contributed by atoms with Gasteiger partial charge in [0.1, 0.15) is 30.1 Å². The minimum Gasteiger partial charge on any atom is -0.368 e. The van der Waals surface area contributed by atoms with E-state index in [4.69, 9.17) is 10.7 Å². The molecule has 0 radical (unpaired) electrons. The molecular weight excluding hydrogens is 655 g/mol. The largest absolute Gasteiger partial charge is 0.368 e. The summed E-state index contributed by atoms with van der Waals surface area (Å²) in [5.41, 5.74) is 9.61. The van der Waals surface area contributed by atoms with Crippen LogP contribution in [0.4, 0.5) is 19.1 Å². The Balaban J connectivity index is 0.871. The van der Waals surface area contributed by atoms with Crippen LogP contribution < -0.4 is 11.1 Å². The molecule has 5 aromatic rings. The highest BCUT2D eigenvalue weighted by molar-refractivity contribution is 5.77. The molecule has 0 bridgehead atoms. The van der Waals surface area contributed by atoms with E-state index in [-0.39, 0.29) is 23.7 Å². The van der Waals surface area contributed by atoms with E-state index in [0.29, 0.717) is 30.4 Å². The fourth-order valence-electron chi connectivity index (χ4n) is 7.52. The van der Waals surface area contributed by atoms with E-state index < -0.39 is 11.6 Å². The van der Waals surface area contributed by atoms with Crippen LogP contribution in [0, 0.1) is 17.5 Å². The summed E-state index contributed by atoms with van der Waals surface area (Å²) in [4.78, 5) is 22.3. The third-order valence-electron chi connectivity index (χ3n) is 10.2. The highest BCUT2D eigenvalue weighted by Gasteiger charge is 2.27. The molecule has 1 atom stereocenters. The molecule has 268 valence electrons. The number of piperidine rings is 2. The Morgan fingerprint density at radius 1 is 0.843 bits per heavy atom. The molecule has 7 rings (SSSR count). The quantitative estimate of drug-likeness (QED) is 0.161. The molecule has 3 aromatic heterocycles. The number of benzene rings is 2. The van der Waals surface area contributed by atoms with E-state index in [1.54, 1.807) is 35.4 Å². The lowest BCUT2D eigenvalue weighted by Crippen LogP contribution is -2.44. The standard InChI is InChI=1S/C37H44F3N11/c38-28-4-2-26(3-5-28)35-36(34-8-14-44-37(41)47-34)51(25-45-35)31-11-18-48(19-12-31)15-1-13-43-30-9-16-49(17-10-30)21-27(22-50-24-42-23-46-50)32-7-6-29(39)20-33(32)40/h2-8,14,20,23-25,27,30-31,43H,1,9-13,15-19,21-22H2,(H2,41,44,47). The van der Waals surface area contributed by atoms with Gasteiger partial charge in [-0.3, -0.25) is 4.68 Å². The minimum atomic E-state index is -0.570. The number of nitrogens with zero attached hydrogens (tertiary/aromatic N) is 9. The normalized spacial score (nSPS) is 17.2. The minimum absolute atomic E-state index is 0.163. The molecule has 14 heteroatoms. The summed E-state index contributed by atoms with van der Waals surface area (Å²) in [7, 11) is 0. The highest BCUT2D eigenvalue weighted by atomic mass is 19.1. The fraction of sp³-hybridized carbons (Fsp3) is 0.432. The van der Waals surface area contributed by atoms with Gasteiger partial charge in [-0.25, -0.2) is 33.1 Å². The van der Waals surface area contributed by atoms with Crippen molar-refractivity contribution in [3.05, 3.63) is 96.7 Å². The molecule has 51 heavy (non-hydrogen) atoms. The smallest absolute Gasteiger partial charge is 0.220 e. The zero-order chi connectivity index (χ0) is 35.2.